The fraction of sp³-hybridized carbons (Fsp3) is 0.900. The van der Waals surface area contributed by atoms with E-state index in [1.807, 2.05) is 0 Å². The molecule has 0 rings (SSSR count). The zero-order valence-electron chi connectivity index (χ0n) is 8.27. The molecule has 0 aliphatic heterocycles. The molecular weight excluding hydrogens is 134 g/mol. The third kappa shape index (κ3) is 9.96. The van der Waals surface area contributed by atoms with Crippen LogP contribution in [0.15, 0.2) is 0 Å². The Morgan fingerprint density at radius 3 is 2.18 bits per heavy atom. The van der Waals surface area contributed by atoms with Crippen LogP contribution in [0.5, 0.6) is 0 Å². The van der Waals surface area contributed by atoms with Gasteiger partial charge in [-0.2, -0.15) is 0 Å². The fourth-order valence-electron chi connectivity index (χ4n) is 1.13. The molecule has 67 valence electrons. The number of rotatable bonds is 7. The van der Waals surface area contributed by atoms with Crippen molar-refractivity contribution in [2.45, 2.75) is 39.0 Å². The van der Waals surface area contributed by atoms with Gasteiger partial charge >= 0.3 is 0 Å². The molecule has 1 radical (unpaired) electrons. The predicted molar refractivity (Wildman–Crippen MR) is 51.6 cm³/mol. The highest BCUT2D eigenvalue weighted by Gasteiger charge is 1.90. The van der Waals surface area contributed by atoms with Gasteiger partial charge in [0.25, 0.3) is 0 Å². The van der Waals surface area contributed by atoms with E-state index in [0.717, 1.165) is 0 Å². The summed E-state index contributed by atoms with van der Waals surface area (Å²) < 4.78 is 0. The second-order valence-electron chi connectivity index (χ2n) is 3.41. The van der Waals surface area contributed by atoms with E-state index >= 15 is 0 Å². The lowest BCUT2D eigenvalue weighted by atomic mass is 10.1. The second-order valence-corrected chi connectivity index (χ2v) is 3.41. The maximum atomic E-state index is 2.26. The van der Waals surface area contributed by atoms with Gasteiger partial charge in [0.2, 0.25) is 0 Å². The molecule has 0 aliphatic carbocycles. The summed E-state index contributed by atoms with van der Waals surface area (Å²) in [4.78, 5) is 2.26. The van der Waals surface area contributed by atoms with Gasteiger partial charge in [-0.15, -0.1) is 0 Å². The molecule has 1 heteroatoms. The van der Waals surface area contributed by atoms with Gasteiger partial charge in [-0.3, -0.25) is 0 Å². The highest BCUT2D eigenvalue weighted by molar-refractivity contribution is 4.55. The maximum absolute atomic E-state index is 2.26. The van der Waals surface area contributed by atoms with Gasteiger partial charge in [0.15, 0.2) is 0 Å². The minimum atomic E-state index is 1.25. The van der Waals surface area contributed by atoms with Gasteiger partial charge < -0.3 is 4.90 Å². The molecule has 0 atom stereocenters. The highest BCUT2D eigenvalue weighted by Crippen LogP contribution is 2.04. The first-order valence-corrected chi connectivity index (χ1v) is 4.70. The van der Waals surface area contributed by atoms with Crippen LogP contribution in [0.4, 0.5) is 0 Å². The number of nitrogens with zero attached hydrogens (tertiary/aromatic N) is 1. The Balaban J connectivity index is 2.80. The molecule has 0 N–H and O–H groups in total. The van der Waals surface area contributed by atoms with Crippen LogP contribution in [0, 0.1) is 6.42 Å². The largest absolute Gasteiger partial charge is 0.309 e. The lowest BCUT2D eigenvalue weighted by molar-refractivity contribution is 0.390. The SMILES string of the molecule is C[CH]CCCCCCN(C)C. The minimum Gasteiger partial charge on any atom is -0.309 e. The van der Waals surface area contributed by atoms with Crippen LogP contribution >= 0.6 is 0 Å². The summed E-state index contributed by atoms with van der Waals surface area (Å²) in [6, 6.07) is 0. The van der Waals surface area contributed by atoms with Crippen LogP contribution in [0.3, 0.4) is 0 Å². The minimum absolute atomic E-state index is 1.25. The van der Waals surface area contributed by atoms with Crippen molar-refractivity contribution in [1.82, 2.24) is 4.90 Å². The van der Waals surface area contributed by atoms with E-state index in [1.165, 1.54) is 38.6 Å². The zero-order valence-corrected chi connectivity index (χ0v) is 8.27. The van der Waals surface area contributed by atoms with E-state index in [4.69, 9.17) is 0 Å². The molecule has 1 nitrogen and oxygen atoms in total. The summed E-state index contributed by atoms with van der Waals surface area (Å²) in [5.74, 6) is 0. The van der Waals surface area contributed by atoms with E-state index in [-0.39, 0.29) is 0 Å². The molecule has 0 unspecified atom stereocenters. The molecule has 0 saturated heterocycles. The van der Waals surface area contributed by atoms with Gasteiger partial charge in [0.1, 0.15) is 0 Å². The topological polar surface area (TPSA) is 3.24 Å². The smallest absolute Gasteiger partial charge is 0.00248 e. The Labute approximate surface area is 71.8 Å². The molecule has 0 bridgehead atoms. The molecule has 0 saturated carbocycles. The van der Waals surface area contributed by atoms with Crippen molar-refractivity contribution in [2.75, 3.05) is 20.6 Å². The van der Waals surface area contributed by atoms with Crippen LogP contribution in [-0.4, -0.2) is 25.5 Å². The Hall–Kier alpha value is -0.0400. The number of hydrogen-bond donors (Lipinski definition) is 0. The van der Waals surface area contributed by atoms with Crippen molar-refractivity contribution in [3.63, 3.8) is 0 Å². The van der Waals surface area contributed by atoms with E-state index in [0.29, 0.717) is 0 Å². The van der Waals surface area contributed by atoms with Crippen molar-refractivity contribution in [3.05, 3.63) is 6.42 Å². The van der Waals surface area contributed by atoms with Crippen LogP contribution in [-0.2, 0) is 0 Å². The average molecular weight is 156 g/mol. The van der Waals surface area contributed by atoms with Gasteiger partial charge in [0.05, 0.1) is 0 Å². The summed E-state index contributed by atoms with van der Waals surface area (Å²) in [5.41, 5.74) is 0. The molecule has 0 aromatic heterocycles. The third-order valence-corrected chi connectivity index (χ3v) is 1.85. The average Bonchev–Trinajstić information content (AvgIpc) is 1.96. The quantitative estimate of drug-likeness (QED) is 0.512. The fourth-order valence-corrected chi connectivity index (χ4v) is 1.13. The van der Waals surface area contributed by atoms with Gasteiger partial charge in [-0.1, -0.05) is 32.6 Å². The standard InChI is InChI=1S/C10H22N/c1-4-5-6-7-8-9-10-11(2)3/h4H,5-10H2,1-3H3. The van der Waals surface area contributed by atoms with E-state index in [1.54, 1.807) is 0 Å². The van der Waals surface area contributed by atoms with Crippen LogP contribution in [0.25, 0.3) is 0 Å². The molecule has 0 spiro atoms. The van der Waals surface area contributed by atoms with Crippen molar-refractivity contribution in [1.29, 1.82) is 0 Å². The van der Waals surface area contributed by atoms with Gasteiger partial charge in [0, 0.05) is 0 Å². The van der Waals surface area contributed by atoms with E-state index < -0.39 is 0 Å². The van der Waals surface area contributed by atoms with Crippen molar-refractivity contribution in [3.8, 4) is 0 Å². The van der Waals surface area contributed by atoms with Crippen molar-refractivity contribution < 1.29 is 0 Å². The first-order chi connectivity index (χ1) is 5.27. The van der Waals surface area contributed by atoms with E-state index in [9.17, 15) is 0 Å². The van der Waals surface area contributed by atoms with Crippen molar-refractivity contribution >= 4 is 0 Å². The summed E-state index contributed by atoms with van der Waals surface area (Å²) in [6.07, 6.45) is 9.08. The van der Waals surface area contributed by atoms with Crippen LogP contribution in [0.2, 0.25) is 0 Å². The molecule has 0 amide bonds. The maximum Gasteiger partial charge on any atom is -0.00248 e. The Kier molecular flexibility index (Phi) is 8.03. The highest BCUT2D eigenvalue weighted by atomic mass is 15.0. The monoisotopic (exact) mass is 156 g/mol. The lowest BCUT2D eigenvalue weighted by Gasteiger charge is -2.08. The number of hydrogen-bond acceptors (Lipinski definition) is 1. The Morgan fingerprint density at radius 2 is 1.64 bits per heavy atom. The summed E-state index contributed by atoms with van der Waals surface area (Å²) >= 11 is 0. The summed E-state index contributed by atoms with van der Waals surface area (Å²) in [7, 11) is 4.28. The van der Waals surface area contributed by atoms with Crippen molar-refractivity contribution in [2.24, 2.45) is 0 Å². The van der Waals surface area contributed by atoms with Gasteiger partial charge in [-0.05, 0) is 33.5 Å². The van der Waals surface area contributed by atoms with Gasteiger partial charge in [-0.25, -0.2) is 0 Å². The first-order valence-electron chi connectivity index (χ1n) is 4.70. The molecule has 11 heavy (non-hydrogen) atoms. The van der Waals surface area contributed by atoms with E-state index in [2.05, 4.69) is 32.3 Å². The predicted octanol–water partition coefficient (Wildman–Crippen LogP) is 2.72. The summed E-state index contributed by atoms with van der Waals surface area (Å²) in [6.45, 7) is 3.38. The molecule has 0 aromatic rings. The summed E-state index contributed by atoms with van der Waals surface area (Å²) in [5, 5.41) is 0. The zero-order chi connectivity index (χ0) is 8.53. The molecule has 0 aliphatic rings. The molecule has 0 heterocycles. The second kappa shape index (κ2) is 8.06. The Morgan fingerprint density at radius 1 is 1.00 bits per heavy atom. The first kappa shape index (κ1) is 11.0. The Bertz CT molecular complexity index is 69.3. The normalized spacial score (nSPS) is 10.9. The third-order valence-electron chi connectivity index (χ3n) is 1.85. The molecular formula is C10H22N. The molecule has 0 aromatic carbocycles. The van der Waals surface area contributed by atoms with Crippen LogP contribution in [0.1, 0.15) is 39.0 Å². The lowest BCUT2D eigenvalue weighted by Crippen LogP contribution is -2.12. The van der Waals surface area contributed by atoms with Crippen LogP contribution < -0.4 is 0 Å². The number of unbranched alkanes of at least 4 members (excludes halogenated alkanes) is 5. The molecule has 0 fully saturated rings.